The summed E-state index contributed by atoms with van der Waals surface area (Å²) in [6, 6.07) is 5.78. The Morgan fingerprint density at radius 2 is 2.00 bits per heavy atom. The van der Waals surface area contributed by atoms with Gasteiger partial charge in [0.25, 0.3) is 0 Å². The molecule has 1 heterocycles. The number of nitrogens with zero attached hydrogens (tertiary/aromatic N) is 2. The lowest BCUT2D eigenvalue weighted by atomic mass is 9.91. The van der Waals surface area contributed by atoms with Crippen LogP contribution >= 0.6 is 0 Å². The Morgan fingerprint density at radius 1 is 1.27 bits per heavy atom. The minimum absolute atomic E-state index is 0.0000221. The van der Waals surface area contributed by atoms with Crippen LogP contribution < -0.4 is 10.2 Å². The van der Waals surface area contributed by atoms with Gasteiger partial charge in [0.05, 0.1) is 6.10 Å². The number of benzene rings is 1. The molecule has 1 N–H and O–H groups in total. The van der Waals surface area contributed by atoms with Crippen molar-refractivity contribution in [1.29, 1.82) is 0 Å². The lowest BCUT2D eigenvalue weighted by Gasteiger charge is -2.30. The normalized spacial score (nSPS) is 16.4. The first-order valence-corrected chi connectivity index (χ1v) is 10.6. The van der Waals surface area contributed by atoms with Gasteiger partial charge in [-0.25, -0.2) is 0 Å². The maximum atomic E-state index is 13.2. The summed E-state index contributed by atoms with van der Waals surface area (Å²) < 4.78 is 10.7. The van der Waals surface area contributed by atoms with Gasteiger partial charge in [-0.1, -0.05) is 20.8 Å². The molecule has 1 aromatic carbocycles. The van der Waals surface area contributed by atoms with Crippen molar-refractivity contribution in [2.45, 2.75) is 52.7 Å². The van der Waals surface area contributed by atoms with Crippen LogP contribution in [0.25, 0.3) is 0 Å². The SMILES string of the molecule is COCC(=O)Nc1ccc(N(C)C)c(CN(CC2CCCO2)C(=O)CC(C)(C)C)c1. The zero-order valence-corrected chi connectivity index (χ0v) is 19.3. The minimum Gasteiger partial charge on any atom is -0.377 e. The molecule has 7 heteroatoms. The van der Waals surface area contributed by atoms with Crippen LogP contribution in [0.1, 0.15) is 45.6 Å². The van der Waals surface area contributed by atoms with E-state index in [1.165, 1.54) is 7.11 Å². The van der Waals surface area contributed by atoms with Gasteiger partial charge in [-0.2, -0.15) is 0 Å². The fourth-order valence-electron chi connectivity index (χ4n) is 3.61. The molecule has 7 nitrogen and oxygen atoms in total. The largest absolute Gasteiger partial charge is 0.377 e. The molecule has 1 aromatic rings. The Labute approximate surface area is 180 Å². The summed E-state index contributed by atoms with van der Waals surface area (Å²) >= 11 is 0. The number of hydrogen-bond acceptors (Lipinski definition) is 5. The van der Waals surface area contributed by atoms with Gasteiger partial charge in [0, 0.05) is 58.7 Å². The fourth-order valence-corrected chi connectivity index (χ4v) is 3.61. The molecule has 0 bridgehead atoms. The highest BCUT2D eigenvalue weighted by atomic mass is 16.5. The van der Waals surface area contributed by atoms with Crippen molar-refractivity contribution >= 4 is 23.2 Å². The van der Waals surface area contributed by atoms with Gasteiger partial charge < -0.3 is 24.6 Å². The molecular weight excluding hydrogens is 382 g/mol. The van der Waals surface area contributed by atoms with Gasteiger partial charge in [0.2, 0.25) is 11.8 Å². The number of rotatable bonds is 9. The topological polar surface area (TPSA) is 71.1 Å². The highest BCUT2D eigenvalue weighted by Crippen LogP contribution is 2.27. The lowest BCUT2D eigenvalue weighted by Crippen LogP contribution is -2.38. The average Bonchev–Trinajstić information content (AvgIpc) is 3.13. The van der Waals surface area contributed by atoms with Gasteiger partial charge >= 0.3 is 0 Å². The molecule has 0 radical (unpaired) electrons. The van der Waals surface area contributed by atoms with E-state index in [0.29, 0.717) is 25.2 Å². The predicted molar refractivity (Wildman–Crippen MR) is 120 cm³/mol. The van der Waals surface area contributed by atoms with Crippen molar-refractivity contribution in [3.63, 3.8) is 0 Å². The Hall–Kier alpha value is -2.12. The molecule has 1 atom stereocenters. The van der Waals surface area contributed by atoms with Crippen LogP contribution in [-0.2, 0) is 25.6 Å². The van der Waals surface area contributed by atoms with E-state index in [1.807, 2.05) is 42.1 Å². The molecule has 0 aromatic heterocycles. The summed E-state index contributed by atoms with van der Waals surface area (Å²) in [5, 5.41) is 2.85. The third-order valence-corrected chi connectivity index (χ3v) is 4.96. The summed E-state index contributed by atoms with van der Waals surface area (Å²) in [4.78, 5) is 29.0. The average molecular weight is 420 g/mol. The zero-order chi connectivity index (χ0) is 22.3. The first-order chi connectivity index (χ1) is 14.1. The van der Waals surface area contributed by atoms with E-state index < -0.39 is 0 Å². The number of hydrogen-bond donors (Lipinski definition) is 1. The number of nitrogens with one attached hydrogen (secondary N) is 1. The van der Waals surface area contributed by atoms with E-state index in [0.717, 1.165) is 30.7 Å². The van der Waals surface area contributed by atoms with Crippen LogP contribution in [0.2, 0.25) is 0 Å². The van der Waals surface area contributed by atoms with Crippen LogP contribution in [0.5, 0.6) is 0 Å². The second-order valence-corrected chi connectivity index (χ2v) is 9.37. The molecule has 1 aliphatic rings. The van der Waals surface area contributed by atoms with E-state index >= 15 is 0 Å². The quantitative estimate of drug-likeness (QED) is 0.665. The second-order valence-electron chi connectivity index (χ2n) is 9.37. The van der Waals surface area contributed by atoms with Gasteiger partial charge in [-0.05, 0) is 42.0 Å². The molecule has 2 amide bonds. The third kappa shape index (κ3) is 7.61. The van der Waals surface area contributed by atoms with Crippen LogP contribution in [-0.4, -0.2) is 63.8 Å². The van der Waals surface area contributed by atoms with Crippen molar-refractivity contribution in [2.75, 3.05) is 51.2 Å². The van der Waals surface area contributed by atoms with Gasteiger partial charge in [-0.15, -0.1) is 0 Å². The van der Waals surface area contributed by atoms with E-state index in [1.54, 1.807) is 0 Å². The molecule has 0 saturated carbocycles. The van der Waals surface area contributed by atoms with Gasteiger partial charge in [0.15, 0.2) is 0 Å². The summed E-state index contributed by atoms with van der Waals surface area (Å²) in [5.74, 6) is -0.0856. The molecule has 0 spiro atoms. The summed E-state index contributed by atoms with van der Waals surface area (Å²) in [6.07, 6.45) is 2.57. The van der Waals surface area contributed by atoms with Crippen LogP contribution in [0.4, 0.5) is 11.4 Å². The first kappa shape index (κ1) is 24.2. The number of anilines is 2. The van der Waals surface area contributed by atoms with E-state index in [9.17, 15) is 9.59 Å². The van der Waals surface area contributed by atoms with Crippen LogP contribution in [0, 0.1) is 5.41 Å². The Kier molecular flexibility index (Phi) is 8.67. The highest BCUT2D eigenvalue weighted by Gasteiger charge is 2.26. The van der Waals surface area contributed by atoms with Crippen molar-refractivity contribution in [3.8, 4) is 0 Å². The predicted octanol–water partition coefficient (Wildman–Crippen LogP) is 3.28. The second kappa shape index (κ2) is 10.8. The summed E-state index contributed by atoms with van der Waals surface area (Å²) in [6.45, 7) is 8.04. The van der Waals surface area contributed by atoms with E-state index in [4.69, 9.17) is 9.47 Å². The number of ether oxygens (including phenoxy) is 2. The van der Waals surface area contributed by atoms with Crippen molar-refractivity contribution < 1.29 is 19.1 Å². The maximum Gasteiger partial charge on any atom is 0.250 e. The zero-order valence-electron chi connectivity index (χ0n) is 19.3. The standard InChI is InChI=1S/C23H37N3O4/c1-23(2,3)13-22(28)26(15-19-8-7-11-30-19)14-17-12-18(24-21(27)16-29-6)9-10-20(17)25(4)5/h9-10,12,19H,7-8,11,13-16H2,1-6H3,(H,24,27). The molecule has 30 heavy (non-hydrogen) atoms. The number of amides is 2. The molecule has 1 unspecified atom stereocenters. The number of carbonyl (C=O) groups is 2. The molecule has 1 fully saturated rings. The molecular formula is C23H37N3O4. The van der Waals surface area contributed by atoms with Crippen molar-refractivity contribution in [1.82, 2.24) is 4.90 Å². The van der Waals surface area contributed by atoms with Crippen molar-refractivity contribution in [3.05, 3.63) is 23.8 Å². The monoisotopic (exact) mass is 419 g/mol. The molecule has 2 rings (SSSR count). The first-order valence-electron chi connectivity index (χ1n) is 10.6. The smallest absolute Gasteiger partial charge is 0.250 e. The van der Waals surface area contributed by atoms with E-state index in [-0.39, 0.29) is 29.9 Å². The molecule has 0 aliphatic carbocycles. The Morgan fingerprint density at radius 3 is 2.57 bits per heavy atom. The molecule has 1 saturated heterocycles. The molecule has 168 valence electrons. The summed E-state index contributed by atoms with van der Waals surface area (Å²) in [7, 11) is 5.44. The Balaban J connectivity index is 2.27. The lowest BCUT2D eigenvalue weighted by molar-refractivity contribution is -0.135. The Bertz CT molecular complexity index is 722. The van der Waals surface area contributed by atoms with Crippen LogP contribution in [0.3, 0.4) is 0 Å². The minimum atomic E-state index is -0.207. The fraction of sp³-hybridized carbons (Fsp3) is 0.652. The third-order valence-electron chi connectivity index (χ3n) is 4.96. The highest BCUT2D eigenvalue weighted by molar-refractivity contribution is 5.92. The number of carbonyl (C=O) groups excluding carboxylic acids is 2. The van der Waals surface area contributed by atoms with Crippen LogP contribution in [0.15, 0.2) is 18.2 Å². The maximum absolute atomic E-state index is 13.2. The van der Waals surface area contributed by atoms with E-state index in [2.05, 4.69) is 26.1 Å². The summed E-state index contributed by atoms with van der Waals surface area (Å²) in [5.41, 5.74) is 2.60. The number of methoxy groups -OCH3 is 1. The van der Waals surface area contributed by atoms with Crippen molar-refractivity contribution in [2.24, 2.45) is 5.41 Å². The molecule has 1 aliphatic heterocycles. The van der Waals surface area contributed by atoms with Gasteiger partial charge in [-0.3, -0.25) is 9.59 Å². The van der Waals surface area contributed by atoms with Gasteiger partial charge in [0.1, 0.15) is 6.61 Å².